The summed E-state index contributed by atoms with van der Waals surface area (Å²) in [5.74, 6) is 1.29. The van der Waals surface area contributed by atoms with E-state index < -0.39 is 5.97 Å². The van der Waals surface area contributed by atoms with Gasteiger partial charge in [-0.3, -0.25) is 4.79 Å². The van der Waals surface area contributed by atoms with Crippen molar-refractivity contribution in [3.8, 4) is 16.5 Å². The maximum Gasteiger partial charge on any atom is 0.343 e. The van der Waals surface area contributed by atoms with Crippen molar-refractivity contribution in [1.82, 2.24) is 4.98 Å². The van der Waals surface area contributed by atoms with E-state index in [1.54, 1.807) is 24.3 Å². The molecule has 1 aromatic carbocycles. The Kier molecular flexibility index (Phi) is 5.87. The maximum absolute atomic E-state index is 12.3. The Labute approximate surface area is 159 Å². The fourth-order valence-electron chi connectivity index (χ4n) is 2.29. The number of hydrogen-bond acceptors (Lipinski definition) is 7. The Morgan fingerprint density at radius 1 is 1.26 bits per heavy atom. The summed E-state index contributed by atoms with van der Waals surface area (Å²) in [6, 6.07) is 10.5. The number of hydrogen-bond donors (Lipinski definition) is 1. The van der Waals surface area contributed by atoms with Crippen molar-refractivity contribution in [3.05, 3.63) is 53.2 Å². The lowest BCUT2D eigenvalue weighted by atomic mass is 10.2. The van der Waals surface area contributed by atoms with Gasteiger partial charge in [-0.05, 0) is 31.2 Å². The van der Waals surface area contributed by atoms with E-state index in [1.807, 2.05) is 24.4 Å². The van der Waals surface area contributed by atoms with E-state index >= 15 is 0 Å². The van der Waals surface area contributed by atoms with E-state index in [0.29, 0.717) is 22.9 Å². The van der Waals surface area contributed by atoms with E-state index in [0.717, 1.165) is 10.8 Å². The van der Waals surface area contributed by atoms with Crippen LogP contribution in [0.25, 0.3) is 10.8 Å². The van der Waals surface area contributed by atoms with E-state index in [1.165, 1.54) is 18.4 Å². The van der Waals surface area contributed by atoms with Crippen molar-refractivity contribution in [2.24, 2.45) is 0 Å². The molecule has 0 aliphatic heterocycles. The number of benzene rings is 1. The summed E-state index contributed by atoms with van der Waals surface area (Å²) in [5, 5.41) is 5.37. The first kappa shape index (κ1) is 18.7. The predicted molar refractivity (Wildman–Crippen MR) is 101 cm³/mol. The Morgan fingerprint density at radius 2 is 2.11 bits per heavy atom. The number of nitrogens with zero attached hydrogens (tertiary/aromatic N) is 1. The van der Waals surface area contributed by atoms with Gasteiger partial charge >= 0.3 is 5.97 Å². The minimum Gasteiger partial charge on any atom is -0.482 e. The molecule has 0 unspecified atom stereocenters. The molecule has 7 nitrogen and oxygen atoms in total. The van der Waals surface area contributed by atoms with Crippen LogP contribution >= 0.6 is 11.3 Å². The molecule has 0 radical (unpaired) electrons. The van der Waals surface area contributed by atoms with Gasteiger partial charge in [0, 0.05) is 17.1 Å². The minimum absolute atomic E-state index is 0.142. The van der Waals surface area contributed by atoms with Crippen molar-refractivity contribution in [1.29, 1.82) is 0 Å². The number of aromatic nitrogens is 1. The van der Waals surface area contributed by atoms with E-state index in [-0.39, 0.29) is 18.9 Å². The monoisotopic (exact) mass is 386 g/mol. The third-order valence-corrected chi connectivity index (χ3v) is 4.45. The van der Waals surface area contributed by atoms with Gasteiger partial charge in [-0.2, -0.15) is 0 Å². The molecule has 0 saturated carbocycles. The summed E-state index contributed by atoms with van der Waals surface area (Å²) in [5.41, 5.74) is 1.24. The largest absolute Gasteiger partial charge is 0.482 e. The number of rotatable bonds is 7. The third kappa shape index (κ3) is 5.18. The first-order valence-corrected chi connectivity index (χ1v) is 9.02. The van der Waals surface area contributed by atoms with E-state index in [4.69, 9.17) is 9.15 Å². The second-order valence-corrected chi connectivity index (χ2v) is 6.53. The van der Waals surface area contributed by atoms with Crippen LogP contribution in [-0.2, 0) is 20.7 Å². The Morgan fingerprint density at radius 3 is 2.85 bits per heavy atom. The van der Waals surface area contributed by atoms with Crippen LogP contribution in [0.15, 0.2) is 46.2 Å². The molecular formula is C19H18N2O5S. The standard InChI is InChI=1S/C19H18N2O5S/c1-12-6-7-16(26-12)19-21-14(11-27-19)9-17(22)20-13-4-3-5-15(8-13)25-10-18(23)24-2/h3-8,11H,9-10H2,1-2H3,(H,20,22). The zero-order valence-electron chi connectivity index (χ0n) is 14.9. The number of carbonyl (C=O) groups is 2. The van der Waals surface area contributed by atoms with Crippen molar-refractivity contribution in [3.63, 3.8) is 0 Å². The van der Waals surface area contributed by atoms with Gasteiger partial charge in [0.15, 0.2) is 17.4 Å². The highest BCUT2D eigenvalue weighted by molar-refractivity contribution is 7.13. The highest BCUT2D eigenvalue weighted by Crippen LogP contribution is 2.26. The molecule has 1 amide bonds. The molecule has 2 aromatic heterocycles. The van der Waals surface area contributed by atoms with E-state index in [9.17, 15) is 9.59 Å². The molecule has 0 fully saturated rings. The minimum atomic E-state index is -0.476. The number of esters is 1. The molecule has 2 heterocycles. The van der Waals surface area contributed by atoms with Crippen LogP contribution in [0.4, 0.5) is 5.69 Å². The van der Waals surface area contributed by atoms with Gasteiger partial charge in [0.25, 0.3) is 0 Å². The van der Waals surface area contributed by atoms with E-state index in [2.05, 4.69) is 15.0 Å². The number of ether oxygens (including phenoxy) is 2. The number of furan rings is 1. The number of aryl methyl sites for hydroxylation is 1. The lowest BCUT2D eigenvalue weighted by Gasteiger charge is -2.08. The summed E-state index contributed by atoms with van der Waals surface area (Å²) in [4.78, 5) is 27.8. The second-order valence-electron chi connectivity index (χ2n) is 5.67. The van der Waals surface area contributed by atoms with Gasteiger partial charge in [-0.1, -0.05) is 6.07 Å². The zero-order valence-corrected chi connectivity index (χ0v) is 15.7. The van der Waals surface area contributed by atoms with Gasteiger partial charge in [-0.15, -0.1) is 11.3 Å². The quantitative estimate of drug-likeness (QED) is 0.626. The van der Waals surface area contributed by atoms with Gasteiger partial charge in [0.1, 0.15) is 11.5 Å². The number of anilines is 1. The average molecular weight is 386 g/mol. The highest BCUT2D eigenvalue weighted by Gasteiger charge is 2.12. The smallest absolute Gasteiger partial charge is 0.343 e. The molecule has 3 rings (SSSR count). The average Bonchev–Trinajstić information content (AvgIpc) is 3.28. The Hall–Kier alpha value is -3.13. The summed E-state index contributed by atoms with van der Waals surface area (Å²) in [7, 11) is 1.29. The summed E-state index contributed by atoms with van der Waals surface area (Å²) in [6.45, 7) is 1.68. The fraction of sp³-hybridized carbons (Fsp3) is 0.211. The molecule has 1 N–H and O–H groups in total. The lowest BCUT2D eigenvalue weighted by Crippen LogP contribution is -2.15. The number of methoxy groups -OCH3 is 1. The molecule has 3 aromatic rings. The molecule has 8 heteroatoms. The highest BCUT2D eigenvalue weighted by atomic mass is 32.1. The van der Waals surface area contributed by atoms with Crippen LogP contribution in [0.2, 0.25) is 0 Å². The molecule has 0 atom stereocenters. The van der Waals surface area contributed by atoms with Crippen LogP contribution in [0.1, 0.15) is 11.5 Å². The maximum atomic E-state index is 12.3. The fourth-order valence-corrected chi connectivity index (χ4v) is 3.06. The van der Waals surface area contributed by atoms with Crippen LogP contribution < -0.4 is 10.1 Å². The van der Waals surface area contributed by atoms with Gasteiger partial charge in [0.2, 0.25) is 5.91 Å². The van der Waals surface area contributed by atoms with Crippen LogP contribution in [-0.4, -0.2) is 30.6 Å². The molecule has 0 saturated heterocycles. The first-order valence-electron chi connectivity index (χ1n) is 8.14. The molecule has 27 heavy (non-hydrogen) atoms. The normalized spacial score (nSPS) is 10.4. The number of thiazole rings is 1. The summed E-state index contributed by atoms with van der Waals surface area (Å²) >= 11 is 1.43. The Bertz CT molecular complexity index is 947. The number of nitrogens with one attached hydrogen (secondary N) is 1. The number of amides is 1. The summed E-state index contributed by atoms with van der Waals surface area (Å²) in [6.07, 6.45) is 0.142. The topological polar surface area (TPSA) is 90.7 Å². The molecule has 0 aliphatic rings. The SMILES string of the molecule is COC(=O)COc1cccc(NC(=O)Cc2csc(-c3ccc(C)o3)n2)c1. The number of carbonyl (C=O) groups excluding carboxylic acids is 2. The van der Waals surface area contributed by atoms with Gasteiger partial charge in [-0.25, -0.2) is 9.78 Å². The zero-order chi connectivity index (χ0) is 19.2. The van der Waals surface area contributed by atoms with Gasteiger partial charge in [0.05, 0.1) is 19.2 Å². The molecule has 0 bridgehead atoms. The predicted octanol–water partition coefficient (Wildman–Crippen LogP) is 3.44. The van der Waals surface area contributed by atoms with Crippen LogP contribution in [0.3, 0.4) is 0 Å². The molecular weight excluding hydrogens is 368 g/mol. The molecule has 140 valence electrons. The van der Waals surface area contributed by atoms with Crippen LogP contribution in [0, 0.1) is 6.92 Å². The van der Waals surface area contributed by atoms with Crippen molar-refractivity contribution in [2.75, 3.05) is 19.0 Å². The van der Waals surface area contributed by atoms with Crippen molar-refractivity contribution < 1.29 is 23.5 Å². The van der Waals surface area contributed by atoms with Crippen LogP contribution in [0.5, 0.6) is 5.75 Å². The first-order chi connectivity index (χ1) is 13.0. The van der Waals surface area contributed by atoms with Crippen molar-refractivity contribution >= 4 is 28.9 Å². The summed E-state index contributed by atoms with van der Waals surface area (Å²) < 4.78 is 15.4. The Balaban J connectivity index is 1.58. The lowest BCUT2D eigenvalue weighted by molar-refractivity contribution is -0.142. The third-order valence-electron chi connectivity index (χ3n) is 3.55. The molecule has 0 spiro atoms. The second kappa shape index (κ2) is 8.50. The molecule has 0 aliphatic carbocycles. The van der Waals surface area contributed by atoms with Gasteiger partial charge < -0.3 is 19.2 Å². The van der Waals surface area contributed by atoms with Crippen molar-refractivity contribution in [2.45, 2.75) is 13.3 Å².